The molecule has 2 nitrogen and oxygen atoms in total. The summed E-state index contributed by atoms with van der Waals surface area (Å²) in [6.45, 7) is 2.30. The maximum absolute atomic E-state index is 4.07. The van der Waals surface area contributed by atoms with Crippen LogP contribution in [0.1, 0.15) is 35.6 Å². The van der Waals surface area contributed by atoms with Gasteiger partial charge in [0.2, 0.25) is 0 Å². The van der Waals surface area contributed by atoms with Gasteiger partial charge in [-0.05, 0) is 117 Å². The van der Waals surface area contributed by atoms with Crippen molar-refractivity contribution in [2.45, 2.75) is 24.3 Å². The Balaban J connectivity index is 1.07. The van der Waals surface area contributed by atoms with Crippen molar-refractivity contribution >= 4 is 27.5 Å². The van der Waals surface area contributed by atoms with E-state index in [-0.39, 0.29) is 5.54 Å². The van der Waals surface area contributed by atoms with Crippen LogP contribution in [0.15, 0.2) is 243 Å². The number of benzene rings is 9. The van der Waals surface area contributed by atoms with Gasteiger partial charge in [0.1, 0.15) is 0 Å². The number of hydrogen-bond donors (Lipinski definition) is 1. The first-order chi connectivity index (χ1) is 31.6. The van der Waals surface area contributed by atoms with Gasteiger partial charge in [0.05, 0.1) is 22.0 Å². The number of allylic oxidation sites excluding steroid dienone is 2. The third-order valence-corrected chi connectivity index (χ3v) is 13.7. The minimum absolute atomic E-state index is 0.248. The molecule has 304 valence electrons. The molecule has 10 aromatic rings. The maximum Gasteiger partial charge on any atom is 0.0719 e. The average molecular weight is 819 g/mol. The topological polar surface area (TPSA) is 17.0 Å². The molecule has 0 saturated carbocycles. The molecule has 0 spiro atoms. The van der Waals surface area contributed by atoms with Crippen LogP contribution < -0.4 is 5.32 Å². The number of nitrogens with one attached hydrogen (secondary N) is 1. The Bertz CT molecular complexity index is 3390. The molecule has 12 rings (SSSR count). The van der Waals surface area contributed by atoms with E-state index in [1.54, 1.807) is 0 Å². The summed E-state index contributed by atoms with van der Waals surface area (Å²) in [7, 11) is 0. The summed E-state index contributed by atoms with van der Waals surface area (Å²) < 4.78 is 2.41. The molecule has 2 heteroatoms. The molecule has 1 heterocycles. The quantitative estimate of drug-likeness (QED) is 0.162. The fraction of sp³-hybridized carbons (Fsp3) is 0.0645. The molecule has 2 aliphatic carbocycles. The second-order valence-electron chi connectivity index (χ2n) is 17.5. The van der Waals surface area contributed by atoms with Crippen LogP contribution in [-0.4, -0.2) is 10.1 Å². The SMILES string of the molecule is CC1(Nc2ccc(-c3ccc4c(c3)c3ccccc3n4-c3ccc(-c4ccccc4)cc3)cc2-c2cccc3c2C(c2ccccc2)(c2ccccc2)c2ccccc2-3)C=CC=CC1. The van der Waals surface area contributed by atoms with Crippen molar-refractivity contribution in [2.75, 3.05) is 5.32 Å². The highest BCUT2D eigenvalue weighted by atomic mass is 15.0. The molecular formula is C62H46N2. The van der Waals surface area contributed by atoms with E-state index in [1.807, 2.05) is 0 Å². The zero-order chi connectivity index (χ0) is 42.7. The van der Waals surface area contributed by atoms with Crippen LogP contribution in [0.4, 0.5) is 5.69 Å². The lowest BCUT2D eigenvalue weighted by Crippen LogP contribution is -2.33. The molecule has 0 bridgehead atoms. The van der Waals surface area contributed by atoms with E-state index in [0.717, 1.165) is 17.8 Å². The summed E-state index contributed by atoms with van der Waals surface area (Å²) in [5.74, 6) is 0. The molecule has 9 aromatic carbocycles. The Kier molecular flexibility index (Phi) is 8.95. The van der Waals surface area contributed by atoms with Crippen LogP contribution in [-0.2, 0) is 5.41 Å². The normalized spacial score (nSPS) is 15.9. The van der Waals surface area contributed by atoms with E-state index in [1.165, 1.54) is 88.6 Å². The van der Waals surface area contributed by atoms with Gasteiger partial charge in [-0.1, -0.05) is 200 Å². The van der Waals surface area contributed by atoms with Gasteiger partial charge in [-0.2, -0.15) is 0 Å². The Labute approximate surface area is 375 Å². The molecule has 64 heavy (non-hydrogen) atoms. The van der Waals surface area contributed by atoms with Crippen LogP contribution in [0.3, 0.4) is 0 Å². The fourth-order valence-electron chi connectivity index (χ4n) is 10.8. The zero-order valence-electron chi connectivity index (χ0n) is 35.7. The highest BCUT2D eigenvalue weighted by Gasteiger charge is 2.47. The number of fused-ring (bicyclic) bond motifs is 6. The maximum atomic E-state index is 4.07. The van der Waals surface area contributed by atoms with Gasteiger partial charge in [-0.25, -0.2) is 0 Å². The smallest absolute Gasteiger partial charge is 0.0719 e. The molecule has 0 radical (unpaired) electrons. The second-order valence-corrected chi connectivity index (χ2v) is 17.5. The van der Waals surface area contributed by atoms with Crippen molar-refractivity contribution in [3.8, 4) is 50.2 Å². The highest BCUT2D eigenvalue weighted by Crippen LogP contribution is 2.59. The van der Waals surface area contributed by atoms with E-state index in [4.69, 9.17) is 0 Å². The molecule has 1 unspecified atom stereocenters. The Morgan fingerprint density at radius 2 is 1.02 bits per heavy atom. The lowest BCUT2D eigenvalue weighted by Gasteiger charge is -2.36. The van der Waals surface area contributed by atoms with E-state index in [2.05, 4.69) is 260 Å². The zero-order valence-corrected chi connectivity index (χ0v) is 35.7. The summed E-state index contributed by atoms with van der Waals surface area (Å²) in [5, 5.41) is 6.55. The van der Waals surface area contributed by atoms with Gasteiger partial charge in [0, 0.05) is 27.7 Å². The highest BCUT2D eigenvalue weighted by molar-refractivity contribution is 6.10. The summed E-state index contributed by atoms with van der Waals surface area (Å²) in [4.78, 5) is 0. The van der Waals surface area contributed by atoms with Crippen LogP contribution in [0.5, 0.6) is 0 Å². The van der Waals surface area contributed by atoms with Gasteiger partial charge in [-0.3, -0.25) is 0 Å². The molecular weight excluding hydrogens is 773 g/mol. The second kappa shape index (κ2) is 15.1. The number of aromatic nitrogens is 1. The van der Waals surface area contributed by atoms with Gasteiger partial charge in [-0.15, -0.1) is 0 Å². The first kappa shape index (κ1) is 37.8. The third kappa shape index (κ3) is 6.02. The van der Waals surface area contributed by atoms with Crippen molar-refractivity contribution in [3.63, 3.8) is 0 Å². The van der Waals surface area contributed by atoms with Crippen molar-refractivity contribution < 1.29 is 0 Å². The fourth-order valence-corrected chi connectivity index (χ4v) is 10.8. The minimum atomic E-state index is -0.546. The standard InChI is InChI=1S/C62H46N2/c1-61(39-16-5-17-40-61)63-57-37-33-45(46-34-38-59-55(42-46)51-26-13-15-30-58(51)64(59)49-35-31-44(32-36-49)43-19-6-2-7-20-43)41-54(57)53-28-18-27-52-50-25-12-14-29-56(50)62(60(52)53,47-21-8-3-9-22-47)48-23-10-4-11-24-48/h2-39,41-42,63H,40H2,1H3. The van der Waals surface area contributed by atoms with Gasteiger partial charge in [0.15, 0.2) is 0 Å². The Morgan fingerprint density at radius 1 is 0.438 bits per heavy atom. The summed E-state index contributed by atoms with van der Waals surface area (Å²) in [6.07, 6.45) is 9.77. The van der Waals surface area contributed by atoms with Crippen molar-refractivity contribution in [2.24, 2.45) is 0 Å². The molecule has 1 N–H and O–H groups in total. The van der Waals surface area contributed by atoms with E-state index in [9.17, 15) is 0 Å². The predicted molar refractivity (Wildman–Crippen MR) is 269 cm³/mol. The third-order valence-electron chi connectivity index (χ3n) is 13.7. The number of hydrogen-bond acceptors (Lipinski definition) is 1. The molecule has 0 fully saturated rings. The molecule has 2 aliphatic rings. The number of rotatable bonds is 8. The van der Waals surface area contributed by atoms with Crippen molar-refractivity contribution in [3.05, 3.63) is 265 Å². The lowest BCUT2D eigenvalue weighted by atomic mass is 9.66. The Hall–Kier alpha value is -7.94. The largest absolute Gasteiger partial charge is 0.376 e. The van der Waals surface area contributed by atoms with Gasteiger partial charge in [0.25, 0.3) is 0 Å². The van der Waals surface area contributed by atoms with Crippen LogP contribution >= 0.6 is 0 Å². The summed E-state index contributed by atoms with van der Waals surface area (Å²) >= 11 is 0. The van der Waals surface area contributed by atoms with E-state index in [0.29, 0.717) is 0 Å². The first-order valence-electron chi connectivity index (χ1n) is 22.4. The van der Waals surface area contributed by atoms with E-state index < -0.39 is 5.41 Å². The molecule has 0 amide bonds. The van der Waals surface area contributed by atoms with Crippen LogP contribution in [0.25, 0.3) is 72.0 Å². The Morgan fingerprint density at radius 3 is 1.75 bits per heavy atom. The summed E-state index contributed by atoms with van der Waals surface area (Å²) in [5.41, 5.74) is 18.7. The first-order valence-corrected chi connectivity index (χ1v) is 22.4. The monoisotopic (exact) mass is 818 g/mol. The number of para-hydroxylation sites is 1. The van der Waals surface area contributed by atoms with Gasteiger partial charge < -0.3 is 9.88 Å². The van der Waals surface area contributed by atoms with Crippen molar-refractivity contribution in [1.82, 2.24) is 4.57 Å². The number of anilines is 1. The summed E-state index contributed by atoms with van der Waals surface area (Å²) in [6, 6.07) is 80.7. The molecule has 1 atom stereocenters. The minimum Gasteiger partial charge on any atom is -0.376 e. The van der Waals surface area contributed by atoms with Crippen LogP contribution in [0.2, 0.25) is 0 Å². The lowest BCUT2D eigenvalue weighted by molar-refractivity contribution is 0.641. The van der Waals surface area contributed by atoms with Crippen molar-refractivity contribution in [1.29, 1.82) is 0 Å². The van der Waals surface area contributed by atoms with E-state index >= 15 is 0 Å². The molecule has 0 aliphatic heterocycles. The molecule has 0 saturated heterocycles. The number of nitrogens with zero attached hydrogens (tertiary/aromatic N) is 1. The predicted octanol–water partition coefficient (Wildman–Crippen LogP) is 15.8. The van der Waals surface area contributed by atoms with Gasteiger partial charge >= 0.3 is 0 Å². The molecule has 1 aromatic heterocycles. The van der Waals surface area contributed by atoms with Crippen LogP contribution in [0, 0.1) is 0 Å². The average Bonchev–Trinajstić information content (AvgIpc) is 3.86.